The zero-order valence-electron chi connectivity index (χ0n) is 10.2. The number of aliphatic hydroxyl groups is 12. The zero-order valence-corrected chi connectivity index (χ0v) is 10.2. The molecule has 0 aromatic carbocycles. The lowest BCUT2D eigenvalue weighted by molar-refractivity contribution is -0.569. The Bertz CT molecular complexity index is 340. The summed E-state index contributed by atoms with van der Waals surface area (Å²) in [6.07, 6.45) is -3.03. The van der Waals surface area contributed by atoms with Gasteiger partial charge in [-0.2, -0.15) is 0 Å². The molecule has 1 unspecified atom stereocenters. The van der Waals surface area contributed by atoms with Crippen LogP contribution >= 0.6 is 0 Å². The van der Waals surface area contributed by atoms with E-state index in [1.807, 2.05) is 0 Å². The lowest BCUT2D eigenvalue weighted by Gasteiger charge is -2.49. The molecule has 0 saturated heterocycles. The maximum Gasteiger partial charge on any atom is 0.338 e. The maximum absolute atomic E-state index is 9.31. The molecule has 12 heteroatoms. The van der Waals surface area contributed by atoms with Gasteiger partial charge in [0.05, 0.1) is 0 Å². The van der Waals surface area contributed by atoms with Crippen LogP contribution in [0.4, 0.5) is 0 Å². The Balaban J connectivity index is 5.94. The molecular formula is C8H18O12. The van der Waals surface area contributed by atoms with Gasteiger partial charge in [-0.05, 0) is 6.42 Å². The number of rotatable bonds is 6. The van der Waals surface area contributed by atoms with Crippen LogP contribution in [-0.2, 0) is 0 Å². The van der Waals surface area contributed by atoms with E-state index < -0.39 is 41.6 Å². The lowest BCUT2D eigenvalue weighted by atomic mass is 9.85. The standard InChI is InChI=1S/C8H18O12/c1-2-3(9)4(10,11)5(12,13)6(14,15)7(16,17)8(18,19)20/h3,9-20H,2H2,1H3. The smallest absolute Gasteiger partial charge is 0.338 e. The Hall–Kier alpha value is -0.480. The summed E-state index contributed by atoms with van der Waals surface area (Å²) >= 11 is 0. The number of hydrogen-bond donors (Lipinski definition) is 12. The van der Waals surface area contributed by atoms with Crippen molar-refractivity contribution in [2.75, 3.05) is 0 Å². The number of hydrogen-bond acceptors (Lipinski definition) is 12. The molecule has 0 saturated carbocycles. The summed E-state index contributed by atoms with van der Waals surface area (Å²) in [5, 5.41) is 109. The van der Waals surface area contributed by atoms with Crippen molar-refractivity contribution in [3.8, 4) is 0 Å². The minimum atomic E-state index is -4.95. The second-order valence-corrected chi connectivity index (χ2v) is 4.30. The van der Waals surface area contributed by atoms with Crippen molar-refractivity contribution in [3.63, 3.8) is 0 Å². The van der Waals surface area contributed by atoms with E-state index in [-0.39, 0.29) is 0 Å². The first-order chi connectivity index (χ1) is 8.48. The molecule has 0 rings (SSSR count). The third-order valence-electron chi connectivity index (χ3n) is 2.80. The highest BCUT2D eigenvalue weighted by atomic mass is 16.8. The predicted octanol–water partition coefficient (Wildman–Crippen LogP) is -6.89. The quantitative estimate of drug-likeness (QED) is 0.205. The van der Waals surface area contributed by atoms with Gasteiger partial charge in [0.15, 0.2) is 0 Å². The predicted molar refractivity (Wildman–Crippen MR) is 54.4 cm³/mol. The van der Waals surface area contributed by atoms with Crippen LogP contribution in [-0.4, -0.2) is 96.5 Å². The second-order valence-electron chi connectivity index (χ2n) is 4.30. The van der Waals surface area contributed by atoms with Crippen molar-refractivity contribution in [1.82, 2.24) is 0 Å². The van der Waals surface area contributed by atoms with Crippen molar-refractivity contribution in [2.24, 2.45) is 0 Å². The van der Waals surface area contributed by atoms with Gasteiger partial charge in [-0.3, -0.25) is 0 Å². The third-order valence-corrected chi connectivity index (χ3v) is 2.80. The minimum absolute atomic E-state index is 0.585. The fourth-order valence-corrected chi connectivity index (χ4v) is 1.25. The molecule has 0 spiro atoms. The summed E-state index contributed by atoms with van der Waals surface area (Å²) in [6, 6.07) is 0. The summed E-state index contributed by atoms with van der Waals surface area (Å²) in [6.45, 7) is 1.10. The summed E-state index contributed by atoms with van der Waals surface area (Å²) in [5.74, 6) is -23.5. The van der Waals surface area contributed by atoms with Crippen LogP contribution in [0.1, 0.15) is 13.3 Å². The van der Waals surface area contributed by atoms with Gasteiger partial charge in [0.1, 0.15) is 6.10 Å². The van der Waals surface area contributed by atoms with Crippen LogP contribution in [0.2, 0.25) is 0 Å². The molecule has 0 amide bonds. The van der Waals surface area contributed by atoms with Crippen LogP contribution in [0, 0.1) is 0 Å². The normalized spacial score (nSPS) is 17.2. The van der Waals surface area contributed by atoms with Crippen molar-refractivity contribution in [3.05, 3.63) is 0 Å². The van der Waals surface area contributed by atoms with E-state index in [4.69, 9.17) is 30.6 Å². The first-order valence-corrected chi connectivity index (χ1v) is 5.12. The fraction of sp³-hybridized carbons (Fsp3) is 1.00. The van der Waals surface area contributed by atoms with Gasteiger partial charge in [0, 0.05) is 0 Å². The molecular weight excluding hydrogens is 288 g/mol. The van der Waals surface area contributed by atoms with Gasteiger partial charge >= 0.3 is 11.8 Å². The van der Waals surface area contributed by atoms with Crippen LogP contribution < -0.4 is 0 Å². The van der Waals surface area contributed by atoms with Crippen molar-refractivity contribution in [1.29, 1.82) is 0 Å². The van der Waals surface area contributed by atoms with Crippen LogP contribution in [0.3, 0.4) is 0 Å². The van der Waals surface area contributed by atoms with Crippen molar-refractivity contribution < 1.29 is 61.3 Å². The van der Waals surface area contributed by atoms with Crippen LogP contribution in [0.5, 0.6) is 0 Å². The monoisotopic (exact) mass is 306 g/mol. The highest BCUT2D eigenvalue weighted by Crippen LogP contribution is 2.39. The average Bonchev–Trinajstić information content (AvgIpc) is 2.25. The minimum Gasteiger partial charge on any atom is -0.387 e. The summed E-state index contributed by atoms with van der Waals surface area (Å²) in [4.78, 5) is 0. The van der Waals surface area contributed by atoms with Crippen molar-refractivity contribution >= 4 is 0 Å². The molecule has 0 aromatic rings. The van der Waals surface area contributed by atoms with E-state index in [0.29, 0.717) is 0 Å². The molecule has 0 heterocycles. The van der Waals surface area contributed by atoms with Gasteiger partial charge in [-0.1, -0.05) is 6.92 Å². The number of aliphatic hydroxyl groups excluding tert-OH is 1. The largest absolute Gasteiger partial charge is 0.387 e. The highest BCUT2D eigenvalue weighted by Gasteiger charge is 2.76. The average molecular weight is 306 g/mol. The Kier molecular flexibility index (Phi) is 4.94. The molecule has 0 aromatic heterocycles. The topological polar surface area (TPSA) is 243 Å². The van der Waals surface area contributed by atoms with Crippen molar-refractivity contribution in [2.45, 2.75) is 48.6 Å². The molecule has 12 N–H and O–H groups in total. The van der Waals surface area contributed by atoms with Crippen LogP contribution in [0.25, 0.3) is 0 Å². The Morgan fingerprint density at radius 3 is 1.25 bits per heavy atom. The van der Waals surface area contributed by atoms with Gasteiger partial charge in [-0.15, -0.1) is 0 Å². The van der Waals surface area contributed by atoms with E-state index in [1.165, 1.54) is 0 Å². The summed E-state index contributed by atoms with van der Waals surface area (Å²) in [7, 11) is 0. The molecule has 0 aliphatic rings. The van der Waals surface area contributed by atoms with E-state index in [0.717, 1.165) is 6.92 Å². The maximum atomic E-state index is 9.31. The Labute approximate surface area is 111 Å². The van der Waals surface area contributed by atoms with Gasteiger partial charge in [0.25, 0.3) is 17.4 Å². The summed E-state index contributed by atoms with van der Waals surface area (Å²) in [5.41, 5.74) is 0. The van der Waals surface area contributed by atoms with Crippen LogP contribution in [0.15, 0.2) is 0 Å². The molecule has 0 bridgehead atoms. The molecule has 1 atom stereocenters. The fourth-order valence-electron chi connectivity index (χ4n) is 1.25. The first kappa shape index (κ1) is 19.5. The van der Waals surface area contributed by atoms with E-state index in [9.17, 15) is 30.6 Å². The molecule has 122 valence electrons. The molecule has 0 radical (unpaired) electrons. The first-order valence-electron chi connectivity index (χ1n) is 5.12. The molecule has 0 aliphatic carbocycles. The molecule has 0 aliphatic heterocycles. The molecule has 12 nitrogen and oxygen atoms in total. The SMILES string of the molecule is CCC(O)C(O)(O)C(O)(O)C(O)(O)C(O)(O)C(O)(O)O. The Morgan fingerprint density at radius 1 is 0.650 bits per heavy atom. The van der Waals surface area contributed by atoms with E-state index >= 15 is 0 Å². The molecule has 0 fully saturated rings. The van der Waals surface area contributed by atoms with E-state index in [2.05, 4.69) is 0 Å². The lowest BCUT2D eigenvalue weighted by Crippen LogP contribution is -2.82. The second kappa shape index (κ2) is 5.06. The Morgan fingerprint density at radius 2 is 1.00 bits per heavy atom. The van der Waals surface area contributed by atoms with Gasteiger partial charge in [0.2, 0.25) is 0 Å². The summed E-state index contributed by atoms with van der Waals surface area (Å²) < 4.78 is 0. The highest BCUT2D eigenvalue weighted by molar-refractivity contribution is 5.04. The van der Waals surface area contributed by atoms with Gasteiger partial charge < -0.3 is 61.3 Å². The van der Waals surface area contributed by atoms with E-state index in [1.54, 1.807) is 0 Å². The third kappa shape index (κ3) is 2.52. The molecule has 20 heavy (non-hydrogen) atoms. The zero-order chi connectivity index (χ0) is 16.8. The van der Waals surface area contributed by atoms with Gasteiger partial charge in [-0.25, -0.2) is 0 Å².